The van der Waals surface area contributed by atoms with Gasteiger partial charge in [0.25, 0.3) is 0 Å². The first-order chi connectivity index (χ1) is 29.1. The topological polar surface area (TPSA) is 99.1 Å². The van der Waals surface area contributed by atoms with Crippen molar-refractivity contribution in [2.45, 2.75) is 225 Å². The monoisotopic (exact) mass is 845 g/mol. The number of carbonyl (C=O) groups excluding carboxylic acids is 2. The fourth-order valence-corrected chi connectivity index (χ4v) is 7.16. The van der Waals surface area contributed by atoms with Crippen LogP contribution in [0.1, 0.15) is 213 Å². The molecule has 0 amide bonds. The highest BCUT2D eigenvalue weighted by atomic mass is 16.6. The summed E-state index contributed by atoms with van der Waals surface area (Å²) in [7, 11) is 5.53. The van der Waals surface area contributed by atoms with Crippen LogP contribution < -0.4 is 0 Å². The number of carboxylic acids is 1. The summed E-state index contributed by atoms with van der Waals surface area (Å²) in [5.74, 6) is -1.47. The molecule has 60 heavy (non-hydrogen) atoms. The highest BCUT2D eigenvalue weighted by Gasteiger charge is 2.31. The zero-order valence-electron chi connectivity index (χ0n) is 39.7. The second kappa shape index (κ2) is 43.0. The van der Waals surface area contributed by atoms with E-state index in [9.17, 15) is 19.5 Å². The number of esters is 2. The van der Waals surface area contributed by atoms with Crippen LogP contribution in [0, 0.1) is 0 Å². The number of carbonyl (C=O) groups is 3. The van der Waals surface area contributed by atoms with Gasteiger partial charge in [-0.3, -0.25) is 9.59 Å². The molecule has 0 rings (SSSR count). The van der Waals surface area contributed by atoms with Gasteiger partial charge in [0.2, 0.25) is 0 Å². The normalized spacial score (nSPS) is 13.3. The molecule has 348 valence electrons. The molecule has 0 saturated heterocycles. The van der Waals surface area contributed by atoms with Gasteiger partial charge in [0.05, 0.1) is 34.4 Å². The summed E-state index contributed by atoms with van der Waals surface area (Å²) in [5, 5.41) is 9.64. The maximum atomic E-state index is 12.8. The number of ether oxygens (including phenoxy) is 3. The number of likely N-dealkylation sites (N-methyl/N-ethyl adjacent to an activating group) is 1. The Kier molecular flexibility index (Phi) is 41.0. The summed E-state index contributed by atoms with van der Waals surface area (Å²) in [6.45, 7) is 4.62. The summed E-state index contributed by atoms with van der Waals surface area (Å²) < 4.78 is 17.3. The Hall–Kier alpha value is -2.71. The Bertz CT molecular complexity index is 1120. The first kappa shape index (κ1) is 57.3. The number of rotatable bonds is 44. The molecule has 0 aliphatic rings. The van der Waals surface area contributed by atoms with E-state index in [4.69, 9.17) is 14.2 Å². The Labute approximate surface area is 369 Å². The molecular weight excluding hydrogens is 751 g/mol. The quantitative estimate of drug-likeness (QED) is 0.0282. The van der Waals surface area contributed by atoms with Crippen LogP contribution in [0.15, 0.2) is 48.6 Å². The van der Waals surface area contributed by atoms with Crippen molar-refractivity contribution < 1.29 is 38.2 Å². The second-order valence-corrected chi connectivity index (χ2v) is 17.7. The third-order valence-corrected chi connectivity index (χ3v) is 11.0. The summed E-state index contributed by atoms with van der Waals surface area (Å²) >= 11 is 0. The minimum absolute atomic E-state index is 0.0536. The number of quaternary nitrogens is 1. The lowest BCUT2D eigenvalue weighted by molar-refractivity contribution is -0.887. The number of hydrogen-bond donors (Lipinski definition) is 1. The van der Waals surface area contributed by atoms with Gasteiger partial charge in [-0.05, 0) is 70.6 Å². The summed E-state index contributed by atoms with van der Waals surface area (Å²) in [4.78, 5) is 37.1. The van der Waals surface area contributed by atoms with Gasteiger partial charge < -0.3 is 23.8 Å². The lowest BCUT2D eigenvalue weighted by Gasteiger charge is -2.31. The highest BCUT2D eigenvalue weighted by Crippen LogP contribution is 2.15. The number of allylic oxidation sites excluding steroid dienone is 8. The van der Waals surface area contributed by atoms with Crippen LogP contribution in [0.3, 0.4) is 0 Å². The number of nitrogens with zero attached hydrogens (tertiary/aromatic N) is 1. The van der Waals surface area contributed by atoms with Gasteiger partial charge in [-0.2, -0.15) is 0 Å². The molecule has 0 aromatic carbocycles. The Morgan fingerprint density at radius 2 is 0.933 bits per heavy atom. The molecule has 2 atom stereocenters. The van der Waals surface area contributed by atoms with Gasteiger partial charge in [0.1, 0.15) is 6.61 Å². The smallest absolute Gasteiger partial charge is 0.362 e. The standard InChI is InChI=1S/C52H93NO7/c1-6-8-10-12-14-16-18-20-22-23-24-25-26-27-29-31-33-35-37-39-41-43-51(55)60-48(46-58-45-44-49(52(56)57)53(3,4)5)47-59-50(54)42-40-38-36-34-32-30-28-21-19-17-15-13-11-9-7-2/h8,10,14,16-17,19-20,22,48-49H,6-7,9,11-13,15,18,21,23-47H2,1-5H3/p+1/b10-8+,16-14+,19-17+,22-20+. The Morgan fingerprint density at radius 1 is 0.517 bits per heavy atom. The largest absolute Gasteiger partial charge is 0.477 e. The van der Waals surface area contributed by atoms with E-state index < -0.39 is 18.1 Å². The first-order valence-corrected chi connectivity index (χ1v) is 24.7. The van der Waals surface area contributed by atoms with Crippen molar-refractivity contribution in [2.75, 3.05) is 41.0 Å². The van der Waals surface area contributed by atoms with Crippen LogP contribution in [-0.4, -0.2) is 80.6 Å². The number of unbranched alkanes of at least 4 members (excludes halogenated alkanes) is 22. The second-order valence-electron chi connectivity index (χ2n) is 17.7. The van der Waals surface area contributed by atoms with Gasteiger partial charge in [-0.25, -0.2) is 4.79 Å². The molecule has 8 heteroatoms. The molecule has 0 aromatic heterocycles. The Morgan fingerprint density at radius 3 is 1.40 bits per heavy atom. The average Bonchev–Trinajstić information content (AvgIpc) is 3.21. The van der Waals surface area contributed by atoms with E-state index in [1.54, 1.807) is 0 Å². The van der Waals surface area contributed by atoms with Gasteiger partial charge in [0, 0.05) is 19.3 Å². The lowest BCUT2D eigenvalue weighted by atomic mass is 10.0. The molecule has 0 bridgehead atoms. The summed E-state index contributed by atoms with van der Waals surface area (Å²) in [6, 6.07) is -0.616. The van der Waals surface area contributed by atoms with E-state index in [-0.39, 0.29) is 36.2 Å². The van der Waals surface area contributed by atoms with Crippen LogP contribution in [0.2, 0.25) is 0 Å². The third-order valence-electron chi connectivity index (χ3n) is 11.0. The molecule has 0 aliphatic heterocycles. The SMILES string of the molecule is CC/C=C/C/C=C/C/C=C/CCCCCCCCCCCCCC(=O)OC(COCCC(C(=O)O)[N+](C)(C)C)COC(=O)CCCCCCCCC/C=C/CCCCCC. The minimum Gasteiger partial charge on any atom is -0.477 e. The fraction of sp³-hybridized carbons (Fsp3) is 0.788. The van der Waals surface area contributed by atoms with Gasteiger partial charge >= 0.3 is 17.9 Å². The van der Waals surface area contributed by atoms with E-state index in [2.05, 4.69) is 62.5 Å². The number of hydrogen-bond acceptors (Lipinski definition) is 6. The van der Waals surface area contributed by atoms with E-state index in [1.165, 1.54) is 122 Å². The number of carboxylic acid groups (broad SMARTS) is 1. The van der Waals surface area contributed by atoms with Crippen LogP contribution in [0.25, 0.3) is 0 Å². The zero-order valence-corrected chi connectivity index (χ0v) is 39.7. The van der Waals surface area contributed by atoms with Gasteiger partial charge in [-0.1, -0.05) is 172 Å². The molecule has 0 heterocycles. The van der Waals surface area contributed by atoms with Gasteiger partial charge in [-0.15, -0.1) is 0 Å². The Balaban J connectivity index is 4.25. The molecule has 0 fully saturated rings. The van der Waals surface area contributed by atoms with Crippen molar-refractivity contribution in [3.05, 3.63) is 48.6 Å². The van der Waals surface area contributed by atoms with Crippen LogP contribution in [0.5, 0.6) is 0 Å². The molecule has 0 saturated carbocycles. The van der Waals surface area contributed by atoms with E-state index in [1.807, 2.05) is 21.1 Å². The van der Waals surface area contributed by atoms with Crippen LogP contribution >= 0.6 is 0 Å². The van der Waals surface area contributed by atoms with Crippen molar-refractivity contribution in [3.8, 4) is 0 Å². The lowest BCUT2D eigenvalue weighted by Crippen LogP contribution is -2.50. The predicted molar refractivity (Wildman–Crippen MR) is 252 cm³/mol. The fourth-order valence-electron chi connectivity index (χ4n) is 7.16. The molecule has 0 radical (unpaired) electrons. The number of aliphatic carboxylic acids is 1. The molecule has 1 N–H and O–H groups in total. The molecule has 8 nitrogen and oxygen atoms in total. The maximum Gasteiger partial charge on any atom is 0.362 e. The molecule has 2 unspecified atom stereocenters. The average molecular weight is 845 g/mol. The minimum atomic E-state index is -0.875. The van der Waals surface area contributed by atoms with E-state index in [0.717, 1.165) is 57.8 Å². The van der Waals surface area contributed by atoms with Gasteiger partial charge in [0.15, 0.2) is 12.1 Å². The van der Waals surface area contributed by atoms with Crippen LogP contribution in [-0.2, 0) is 28.6 Å². The van der Waals surface area contributed by atoms with Crippen LogP contribution in [0.4, 0.5) is 0 Å². The highest BCUT2D eigenvalue weighted by molar-refractivity contribution is 5.72. The van der Waals surface area contributed by atoms with Crippen molar-refractivity contribution in [3.63, 3.8) is 0 Å². The zero-order chi connectivity index (χ0) is 44.2. The first-order valence-electron chi connectivity index (χ1n) is 24.7. The van der Waals surface area contributed by atoms with E-state index >= 15 is 0 Å². The van der Waals surface area contributed by atoms with E-state index in [0.29, 0.717) is 19.3 Å². The third kappa shape index (κ3) is 40.7. The van der Waals surface area contributed by atoms with Crippen molar-refractivity contribution in [1.29, 1.82) is 0 Å². The molecule has 0 spiro atoms. The molecular formula is C52H94NO7+. The van der Waals surface area contributed by atoms with Crippen molar-refractivity contribution >= 4 is 17.9 Å². The molecule has 0 aliphatic carbocycles. The molecule has 0 aromatic rings. The summed E-state index contributed by atoms with van der Waals surface area (Å²) in [5.41, 5.74) is 0. The maximum absolute atomic E-state index is 12.8. The van der Waals surface area contributed by atoms with Crippen molar-refractivity contribution in [1.82, 2.24) is 0 Å². The summed E-state index contributed by atoms with van der Waals surface area (Å²) in [6.07, 6.45) is 51.5. The predicted octanol–water partition coefficient (Wildman–Crippen LogP) is 14.0. The van der Waals surface area contributed by atoms with Crippen molar-refractivity contribution in [2.24, 2.45) is 0 Å².